The molecule has 47 heavy (non-hydrogen) atoms. The Hall–Kier alpha value is -5.20. The lowest BCUT2D eigenvalue weighted by Crippen LogP contribution is -2.40. The molecule has 1 saturated heterocycles. The van der Waals surface area contributed by atoms with Crippen molar-refractivity contribution < 1.29 is 23.6 Å². The summed E-state index contributed by atoms with van der Waals surface area (Å²) in [4.78, 5) is 40.1. The molecule has 6 rings (SSSR count). The van der Waals surface area contributed by atoms with Crippen molar-refractivity contribution in [3.8, 4) is 22.3 Å². The highest BCUT2D eigenvalue weighted by molar-refractivity contribution is 5.94. The van der Waals surface area contributed by atoms with Gasteiger partial charge in [-0.25, -0.2) is 24.4 Å². The number of nitrogens with one attached hydrogen (secondary N) is 2. The number of ether oxygens (including phenoxy) is 1. The van der Waals surface area contributed by atoms with Crippen molar-refractivity contribution in [1.82, 2.24) is 30.0 Å². The molecule has 0 unspecified atom stereocenters. The van der Waals surface area contributed by atoms with Crippen LogP contribution in [0.15, 0.2) is 67.3 Å². The van der Waals surface area contributed by atoms with E-state index < -0.39 is 0 Å². The van der Waals surface area contributed by atoms with E-state index in [1.165, 1.54) is 6.33 Å². The van der Waals surface area contributed by atoms with Gasteiger partial charge in [0, 0.05) is 36.6 Å². The predicted molar refractivity (Wildman–Crippen MR) is 175 cm³/mol. The van der Waals surface area contributed by atoms with Gasteiger partial charge in [0.15, 0.2) is 5.65 Å². The van der Waals surface area contributed by atoms with Crippen LogP contribution < -0.4 is 10.8 Å². The van der Waals surface area contributed by atoms with Gasteiger partial charge in [-0.05, 0) is 64.4 Å². The number of hydrogen-bond acceptors (Lipinski definition) is 8. The molecule has 0 aliphatic carbocycles. The van der Waals surface area contributed by atoms with Crippen molar-refractivity contribution >= 4 is 29.5 Å². The quantitative estimate of drug-likeness (QED) is 0.122. The summed E-state index contributed by atoms with van der Waals surface area (Å²) in [5, 5.41) is 7.69. The van der Waals surface area contributed by atoms with Gasteiger partial charge in [0.05, 0.1) is 24.5 Å². The van der Waals surface area contributed by atoms with E-state index in [-0.39, 0.29) is 23.7 Å². The standard InChI is InChI=1S/C35H36FN7O4/c1-22-14-25(35(2,3)4)16-29(36)32(22)27-7-5-6-26(28(27)19-47-40-21-44)24-15-30(33-38-20-39-43(33)18-24)41-31-9-8-23(17-37-31)34(45)42-10-12-46-13-11-42/h5-9,14-18,20-21H,10-13,19H2,1-4H3,(H,37,41)(H,40,44). The molecule has 1 aliphatic heterocycles. The van der Waals surface area contributed by atoms with Crippen LogP contribution in [0.3, 0.4) is 0 Å². The number of hydrogen-bond donors (Lipinski definition) is 2. The summed E-state index contributed by atoms with van der Waals surface area (Å²) in [6.45, 7) is 10.1. The van der Waals surface area contributed by atoms with Crippen LogP contribution in [-0.4, -0.2) is 63.1 Å². The molecule has 242 valence electrons. The lowest BCUT2D eigenvalue weighted by molar-refractivity contribution is -0.121. The number of aryl methyl sites for hydroxylation is 1. The van der Waals surface area contributed by atoms with Gasteiger partial charge in [0.1, 0.15) is 24.6 Å². The number of anilines is 2. The summed E-state index contributed by atoms with van der Waals surface area (Å²) < 4.78 is 22.9. The monoisotopic (exact) mass is 637 g/mol. The molecule has 12 heteroatoms. The van der Waals surface area contributed by atoms with E-state index in [1.807, 2.05) is 64.2 Å². The second-order valence-electron chi connectivity index (χ2n) is 12.4. The first-order valence-corrected chi connectivity index (χ1v) is 15.3. The first-order chi connectivity index (χ1) is 22.6. The van der Waals surface area contributed by atoms with Gasteiger partial charge in [-0.3, -0.25) is 14.4 Å². The largest absolute Gasteiger partial charge is 0.378 e. The fourth-order valence-corrected chi connectivity index (χ4v) is 5.76. The second-order valence-corrected chi connectivity index (χ2v) is 12.4. The Balaban J connectivity index is 1.39. The number of pyridine rings is 2. The zero-order chi connectivity index (χ0) is 33.1. The molecule has 0 radical (unpaired) electrons. The Kier molecular flexibility index (Phi) is 8.97. The van der Waals surface area contributed by atoms with Gasteiger partial charge in [-0.15, -0.1) is 0 Å². The van der Waals surface area contributed by atoms with E-state index in [2.05, 4.69) is 25.9 Å². The molecule has 1 aliphatic rings. The Morgan fingerprint density at radius 1 is 1.09 bits per heavy atom. The van der Waals surface area contributed by atoms with Crippen LogP contribution in [0.2, 0.25) is 0 Å². The SMILES string of the molecule is Cc1cc(C(C)(C)C)cc(F)c1-c1cccc(-c2cc(Nc3ccc(C(=O)N4CCOCC4)cn3)c3ncnn3c2)c1CONC=O. The van der Waals surface area contributed by atoms with E-state index in [0.29, 0.717) is 72.1 Å². The van der Waals surface area contributed by atoms with Crippen molar-refractivity contribution in [2.45, 2.75) is 39.7 Å². The van der Waals surface area contributed by atoms with Crippen LogP contribution in [0.4, 0.5) is 15.9 Å². The Labute approximate surface area is 271 Å². The van der Waals surface area contributed by atoms with Crippen molar-refractivity contribution in [3.63, 3.8) is 0 Å². The predicted octanol–water partition coefficient (Wildman–Crippen LogP) is 5.60. The van der Waals surface area contributed by atoms with Crippen LogP contribution in [0.5, 0.6) is 0 Å². The zero-order valence-corrected chi connectivity index (χ0v) is 26.7. The molecule has 2 aromatic carbocycles. The number of carbonyl (C=O) groups is 2. The molecule has 0 saturated carbocycles. The fourth-order valence-electron chi connectivity index (χ4n) is 5.76. The topological polar surface area (TPSA) is 123 Å². The number of morpholine rings is 1. The molecule has 1 fully saturated rings. The first-order valence-electron chi connectivity index (χ1n) is 15.3. The highest BCUT2D eigenvalue weighted by Gasteiger charge is 2.23. The average Bonchev–Trinajstić information content (AvgIpc) is 3.54. The number of nitrogens with zero attached hydrogens (tertiary/aromatic N) is 5. The summed E-state index contributed by atoms with van der Waals surface area (Å²) in [6.07, 6.45) is 5.27. The van der Waals surface area contributed by atoms with Gasteiger partial charge in [0.25, 0.3) is 5.91 Å². The van der Waals surface area contributed by atoms with E-state index in [4.69, 9.17) is 9.57 Å². The minimum absolute atomic E-state index is 0.0253. The lowest BCUT2D eigenvalue weighted by atomic mass is 9.83. The Morgan fingerprint density at radius 2 is 1.87 bits per heavy atom. The Morgan fingerprint density at radius 3 is 2.57 bits per heavy atom. The maximum Gasteiger partial charge on any atom is 0.255 e. The minimum Gasteiger partial charge on any atom is -0.378 e. The van der Waals surface area contributed by atoms with Crippen LogP contribution >= 0.6 is 0 Å². The van der Waals surface area contributed by atoms with Crippen molar-refractivity contribution in [2.75, 3.05) is 31.6 Å². The van der Waals surface area contributed by atoms with Gasteiger partial charge in [-0.1, -0.05) is 45.0 Å². The van der Waals surface area contributed by atoms with Crippen LogP contribution in [0, 0.1) is 12.7 Å². The number of hydroxylamine groups is 1. The van der Waals surface area contributed by atoms with Crippen molar-refractivity contribution in [2.24, 2.45) is 0 Å². The summed E-state index contributed by atoms with van der Waals surface area (Å²) in [7, 11) is 0. The van der Waals surface area contributed by atoms with Gasteiger partial charge >= 0.3 is 0 Å². The molecule has 5 aromatic rings. The number of halogens is 1. The molecule has 3 aromatic heterocycles. The molecule has 11 nitrogen and oxygen atoms in total. The van der Waals surface area contributed by atoms with Gasteiger partial charge < -0.3 is 15.0 Å². The van der Waals surface area contributed by atoms with Crippen molar-refractivity contribution in [1.29, 1.82) is 0 Å². The van der Waals surface area contributed by atoms with Crippen LogP contribution in [0.1, 0.15) is 47.8 Å². The minimum atomic E-state index is -0.340. The average molecular weight is 638 g/mol. The van der Waals surface area contributed by atoms with Crippen LogP contribution in [-0.2, 0) is 26.4 Å². The molecule has 0 atom stereocenters. The third-order valence-corrected chi connectivity index (χ3v) is 8.20. The third kappa shape index (κ3) is 6.69. The van der Waals surface area contributed by atoms with Crippen LogP contribution in [0.25, 0.3) is 27.9 Å². The lowest BCUT2D eigenvalue weighted by Gasteiger charge is -2.26. The van der Waals surface area contributed by atoms with Gasteiger partial charge in [-0.2, -0.15) is 5.10 Å². The molecule has 4 heterocycles. The fraction of sp³-hybridized carbons (Fsp3) is 0.286. The van der Waals surface area contributed by atoms with E-state index >= 15 is 4.39 Å². The van der Waals surface area contributed by atoms with Gasteiger partial charge in [0.2, 0.25) is 6.41 Å². The molecule has 2 amide bonds. The van der Waals surface area contributed by atoms with Crippen molar-refractivity contribution in [3.05, 3.63) is 95.3 Å². The highest BCUT2D eigenvalue weighted by Crippen LogP contribution is 2.39. The van der Waals surface area contributed by atoms with E-state index in [1.54, 1.807) is 33.8 Å². The maximum atomic E-state index is 15.9. The number of fused-ring (bicyclic) bond motifs is 1. The number of benzene rings is 2. The maximum absolute atomic E-state index is 15.9. The summed E-state index contributed by atoms with van der Waals surface area (Å²) in [5.74, 6) is 0.0784. The number of amides is 2. The molecule has 0 spiro atoms. The normalized spacial score (nSPS) is 13.5. The molecule has 2 N–H and O–H groups in total. The van der Waals surface area contributed by atoms with E-state index in [0.717, 1.165) is 22.3 Å². The third-order valence-electron chi connectivity index (χ3n) is 8.20. The summed E-state index contributed by atoms with van der Waals surface area (Å²) in [6, 6.07) is 14.6. The number of carbonyl (C=O) groups excluding carboxylic acids is 2. The second kappa shape index (κ2) is 13.3. The zero-order valence-electron chi connectivity index (χ0n) is 26.7. The first kappa shape index (κ1) is 31.8. The molecular formula is C35H36FN7O4. The smallest absolute Gasteiger partial charge is 0.255 e. The molecular weight excluding hydrogens is 601 g/mol. The Bertz CT molecular complexity index is 1910. The summed E-state index contributed by atoms with van der Waals surface area (Å²) >= 11 is 0. The number of aromatic nitrogens is 4. The number of rotatable bonds is 9. The summed E-state index contributed by atoms with van der Waals surface area (Å²) in [5.41, 5.74) is 8.62. The van der Waals surface area contributed by atoms with E-state index in [9.17, 15) is 9.59 Å². The molecule has 0 bridgehead atoms. The highest BCUT2D eigenvalue weighted by atomic mass is 19.1.